The molecule has 4 rings (SSSR count). The second-order valence-corrected chi connectivity index (χ2v) is 6.67. The van der Waals surface area contributed by atoms with E-state index < -0.39 is 5.97 Å². The first kappa shape index (κ1) is 19.2. The Hall–Kier alpha value is -4.14. The minimum atomic E-state index is -0.933. The van der Waals surface area contributed by atoms with E-state index in [2.05, 4.69) is 19.9 Å². The molecule has 2 heterocycles. The summed E-state index contributed by atoms with van der Waals surface area (Å²) in [7, 11) is 1.57. The molecule has 0 aliphatic carbocycles. The van der Waals surface area contributed by atoms with Crippen LogP contribution in [0.15, 0.2) is 54.7 Å². The average Bonchev–Trinajstić information content (AvgIpc) is 3.14. The van der Waals surface area contributed by atoms with Crippen LogP contribution >= 0.6 is 0 Å². The van der Waals surface area contributed by atoms with E-state index in [1.807, 2.05) is 36.4 Å². The topological polar surface area (TPSA) is 130 Å². The van der Waals surface area contributed by atoms with E-state index in [1.54, 1.807) is 30.3 Å². The van der Waals surface area contributed by atoms with Gasteiger partial charge in [0.25, 0.3) is 0 Å². The highest BCUT2D eigenvalue weighted by Gasteiger charge is 2.15. The lowest BCUT2D eigenvalue weighted by Gasteiger charge is -2.22. The van der Waals surface area contributed by atoms with Gasteiger partial charge in [-0.25, -0.2) is 15.0 Å². The summed E-state index contributed by atoms with van der Waals surface area (Å²) in [5.41, 5.74) is 9.57. The van der Waals surface area contributed by atoms with Crippen molar-refractivity contribution in [1.82, 2.24) is 19.9 Å². The summed E-state index contributed by atoms with van der Waals surface area (Å²) in [6.45, 7) is 0.125. The van der Waals surface area contributed by atoms with Crippen LogP contribution in [0.5, 0.6) is 5.75 Å². The molecule has 4 aromatic rings. The van der Waals surface area contributed by atoms with Crippen LogP contribution in [-0.4, -0.2) is 44.7 Å². The van der Waals surface area contributed by atoms with Crippen LogP contribution in [0.3, 0.4) is 0 Å². The highest BCUT2D eigenvalue weighted by atomic mass is 16.5. The lowest BCUT2D eigenvalue weighted by Crippen LogP contribution is -2.29. The van der Waals surface area contributed by atoms with E-state index >= 15 is 0 Å². The third-order valence-electron chi connectivity index (χ3n) is 4.59. The van der Waals surface area contributed by atoms with E-state index in [1.165, 1.54) is 0 Å². The first-order chi connectivity index (χ1) is 14.5. The van der Waals surface area contributed by atoms with Gasteiger partial charge in [0.2, 0.25) is 5.95 Å². The van der Waals surface area contributed by atoms with Crippen LogP contribution in [0, 0.1) is 0 Å². The van der Waals surface area contributed by atoms with E-state index in [-0.39, 0.29) is 12.5 Å². The smallest absolute Gasteiger partial charge is 0.323 e. The number of fused-ring (bicyclic) bond motifs is 1. The fourth-order valence-electron chi connectivity index (χ4n) is 3.22. The SMILES string of the molecule is COc1cccc(N(CC(=O)O)Cc2nc3cc(-c4ccnc(N)n4)ccc3[nH]2)c1. The molecule has 0 atom stereocenters. The molecule has 0 aliphatic heterocycles. The van der Waals surface area contributed by atoms with E-state index in [0.717, 1.165) is 22.3 Å². The average molecular weight is 404 g/mol. The van der Waals surface area contributed by atoms with Crippen molar-refractivity contribution in [3.63, 3.8) is 0 Å². The van der Waals surface area contributed by atoms with Gasteiger partial charge in [0, 0.05) is 23.5 Å². The lowest BCUT2D eigenvalue weighted by atomic mass is 10.1. The van der Waals surface area contributed by atoms with Gasteiger partial charge >= 0.3 is 5.97 Å². The number of H-pyrrole nitrogens is 1. The van der Waals surface area contributed by atoms with Gasteiger partial charge in [-0.2, -0.15) is 0 Å². The third-order valence-corrected chi connectivity index (χ3v) is 4.59. The van der Waals surface area contributed by atoms with Gasteiger partial charge < -0.3 is 25.5 Å². The Morgan fingerprint density at radius 1 is 1.20 bits per heavy atom. The van der Waals surface area contributed by atoms with E-state index in [4.69, 9.17) is 10.5 Å². The molecular formula is C21H20N6O3. The number of aromatic nitrogens is 4. The number of nitrogens with one attached hydrogen (secondary N) is 1. The van der Waals surface area contributed by atoms with Gasteiger partial charge in [0.15, 0.2) is 0 Å². The predicted molar refractivity (Wildman–Crippen MR) is 113 cm³/mol. The summed E-state index contributed by atoms with van der Waals surface area (Å²) in [5.74, 6) is 0.574. The molecule has 0 spiro atoms. The number of benzene rings is 2. The van der Waals surface area contributed by atoms with Gasteiger partial charge in [0.05, 0.1) is 30.4 Å². The van der Waals surface area contributed by atoms with Crippen molar-refractivity contribution in [1.29, 1.82) is 0 Å². The zero-order chi connectivity index (χ0) is 21.1. The molecule has 9 heteroatoms. The zero-order valence-corrected chi connectivity index (χ0v) is 16.2. The number of nitrogen functional groups attached to an aromatic ring is 1. The van der Waals surface area contributed by atoms with Crippen LogP contribution < -0.4 is 15.4 Å². The highest BCUT2D eigenvalue weighted by Crippen LogP contribution is 2.25. The van der Waals surface area contributed by atoms with Gasteiger partial charge in [-0.1, -0.05) is 12.1 Å². The van der Waals surface area contributed by atoms with Crippen LogP contribution in [0.25, 0.3) is 22.3 Å². The molecule has 0 radical (unpaired) electrons. The normalized spacial score (nSPS) is 10.8. The van der Waals surface area contributed by atoms with Crippen molar-refractivity contribution in [2.75, 3.05) is 24.3 Å². The quantitative estimate of drug-likeness (QED) is 0.429. The highest BCUT2D eigenvalue weighted by molar-refractivity contribution is 5.81. The summed E-state index contributed by atoms with van der Waals surface area (Å²) in [6, 6.07) is 14.8. The molecule has 152 valence electrons. The number of methoxy groups -OCH3 is 1. The summed E-state index contributed by atoms with van der Waals surface area (Å²) in [6.07, 6.45) is 1.61. The number of rotatable bonds is 7. The Bertz CT molecular complexity index is 1210. The Kier molecular flexibility index (Phi) is 5.17. The maximum absolute atomic E-state index is 11.4. The van der Waals surface area contributed by atoms with Gasteiger partial charge in [-0.05, 0) is 30.3 Å². The van der Waals surface area contributed by atoms with Crippen molar-refractivity contribution in [3.8, 4) is 17.0 Å². The maximum Gasteiger partial charge on any atom is 0.323 e. The molecule has 0 bridgehead atoms. The number of carboxylic acids is 1. The second-order valence-electron chi connectivity index (χ2n) is 6.67. The molecule has 30 heavy (non-hydrogen) atoms. The van der Waals surface area contributed by atoms with Crippen LogP contribution in [0.2, 0.25) is 0 Å². The number of imidazole rings is 1. The van der Waals surface area contributed by atoms with Gasteiger partial charge in [-0.15, -0.1) is 0 Å². The standard InChI is InChI=1S/C21H20N6O3/c1-30-15-4-2-3-14(10-15)27(12-20(28)29)11-19-24-17-6-5-13(9-18(17)25-19)16-7-8-23-21(22)26-16/h2-10H,11-12H2,1H3,(H,24,25)(H,28,29)(H2,22,23,26). The molecule has 0 aliphatic rings. The van der Waals surface area contributed by atoms with Crippen molar-refractivity contribution in [2.24, 2.45) is 0 Å². The monoisotopic (exact) mass is 404 g/mol. The molecule has 2 aromatic heterocycles. The Balaban J connectivity index is 1.64. The van der Waals surface area contributed by atoms with Crippen LogP contribution in [0.4, 0.5) is 11.6 Å². The van der Waals surface area contributed by atoms with Gasteiger partial charge in [0.1, 0.15) is 18.1 Å². The first-order valence-corrected chi connectivity index (χ1v) is 9.20. The first-order valence-electron chi connectivity index (χ1n) is 9.20. The number of nitrogens with two attached hydrogens (primary N) is 1. The van der Waals surface area contributed by atoms with Crippen molar-refractivity contribution >= 4 is 28.6 Å². The zero-order valence-electron chi connectivity index (χ0n) is 16.2. The lowest BCUT2D eigenvalue weighted by molar-refractivity contribution is -0.135. The van der Waals surface area contributed by atoms with E-state index in [9.17, 15) is 9.90 Å². The summed E-state index contributed by atoms with van der Waals surface area (Å²) in [5, 5.41) is 9.35. The van der Waals surface area contributed by atoms with Crippen molar-refractivity contribution < 1.29 is 14.6 Å². The predicted octanol–water partition coefficient (Wildman–Crippen LogP) is 2.70. The second kappa shape index (κ2) is 8.08. The number of anilines is 2. The van der Waals surface area contributed by atoms with Gasteiger partial charge in [-0.3, -0.25) is 4.79 Å². The third kappa shape index (κ3) is 4.14. The number of nitrogens with zero attached hydrogens (tertiary/aromatic N) is 4. The molecule has 0 fully saturated rings. The number of aromatic amines is 1. The summed E-state index contributed by atoms with van der Waals surface area (Å²) < 4.78 is 5.26. The maximum atomic E-state index is 11.4. The number of carbonyl (C=O) groups is 1. The number of carboxylic acid groups (broad SMARTS) is 1. The largest absolute Gasteiger partial charge is 0.497 e. The minimum Gasteiger partial charge on any atom is -0.497 e. The van der Waals surface area contributed by atoms with Crippen LogP contribution in [0.1, 0.15) is 5.82 Å². The number of aliphatic carboxylic acids is 1. The fourth-order valence-corrected chi connectivity index (χ4v) is 3.22. The molecule has 0 saturated carbocycles. The number of hydrogen-bond donors (Lipinski definition) is 3. The fraction of sp³-hybridized carbons (Fsp3) is 0.143. The molecule has 4 N–H and O–H groups in total. The molecule has 9 nitrogen and oxygen atoms in total. The molecule has 0 amide bonds. The van der Waals surface area contributed by atoms with Crippen molar-refractivity contribution in [3.05, 3.63) is 60.6 Å². The number of hydrogen-bond acceptors (Lipinski definition) is 7. The summed E-state index contributed by atoms with van der Waals surface area (Å²) >= 11 is 0. The van der Waals surface area contributed by atoms with Crippen LogP contribution in [-0.2, 0) is 11.3 Å². The summed E-state index contributed by atoms with van der Waals surface area (Å²) in [4.78, 5) is 29.2. The molecule has 0 unspecified atom stereocenters. The minimum absolute atomic E-state index is 0.171. The molecule has 2 aromatic carbocycles. The Morgan fingerprint density at radius 2 is 2.07 bits per heavy atom. The van der Waals surface area contributed by atoms with Crippen molar-refractivity contribution in [2.45, 2.75) is 6.54 Å². The molecular weight excluding hydrogens is 384 g/mol. The van der Waals surface area contributed by atoms with E-state index in [0.29, 0.717) is 23.8 Å². The number of ether oxygens (including phenoxy) is 1. The Labute approximate surface area is 172 Å². The molecule has 0 saturated heterocycles. The Morgan fingerprint density at radius 3 is 2.83 bits per heavy atom.